The monoisotopic (exact) mass is 435 g/mol. The van der Waals surface area contributed by atoms with Gasteiger partial charge in [0.1, 0.15) is 5.75 Å². The summed E-state index contributed by atoms with van der Waals surface area (Å²) < 4.78 is 5.51. The average Bonchev–Trinajstić information content (AvgIpc) is 2.82. The van der Waals surface area contributed by atoms with E-state index in [0.29, 0.717) is 25.0 Å². The number of likely N-dealkylation sites (tertiary alicyclic amines) is 1. The molecule has 0 unspecified atom stereocenters. The molecule has 0 N–H and O–H groups in total. The molecule has 5 heteroatoms. The summed E-state index contributed by atoms with van der Waals surface area (Å²) in [6, 6.07) is 16.7. The summed E-state index contributed by atoms with van der Waals surface area (Å²) in [4.78, 5) is 19.5. The number of carbonyl (C=O) groups is 1. The number of anilines is 2. The highest BCUT2D eigenvalue weighted by Gasteiger charge is 2.31. The van der Waals surface area contributed by atoms with E-state index in [0.717, 1.165) is 48.7 Å². The fraction of sp³-hybridized carbons (Fsp3) is 0.444. The van der Waals surface area contributed by atoms with Crippen LogP contribution in [0.3, 0.4) is 0 Å². The number of nitrogens with zero attached hydrogens (tertiary/aromatic N) is 3. The van der Waals surface area contributed by atoms with Gasteiger partial charge in [0.25, 0.3) is 5.91 Å². The average molecular weight is 436 g/mol. The first-order valence-electron chi connectivity index (χ1n) is 11.7. The zero-order valence-corrected chi connectivity index (χ0v) is 20.0. The SMILES string of the molecule is C=CCN1CC[C@@H](N(c2ccc(C(=O)N(CC)CC)cc2)c2cccc(OC)c2)[C@H](C)C1. The van der Waals surface area contributed by atoms with Crippen molar-refractivity contribution in [3.63, 3.8) is 0 Å². The molecule has 1 aliphatic rings. The van der Waals surface area contributed by atoms with Gasteiger partial charge in [-0.15, -0.1) is 6.58 Å². The van der Waals surface area contributed by atoms with Gasteiger partial charge < -0.3 is 14.5 Å². The number of hydrogen-bond donors (Lipinski definition) is 0. The highest BCUT2D eigenvalue weighted by Crippen LogP contribution is 2.36. The Hall–Kier alpha value is -2.79. The van der Waals surface area contributed by atoms with E-state index >= 15 is 0 Å². The van der Waals surface area contributed by atoms with Crippen molar-refractivity contribution in [1.29, 1.82) is 0 Å². The van der Waals surface area contributed by atoms with Crippen LogP contribution in [-0.2, 0) is 0 Å². The van der Waals surface area contributed by atoms with Crippen LogP contribution in [0.15, 0.2) is 61.2 Å². The Bertz CT molecular complexity index is 892. The second-order valence-corrected chi connectivity index (χ2v) is 8.48. The fourth-order valence-corrected chi connectivity index (χ4v) is 4.70. The molecule has 172 valence electrons. The molecule has 32 heavy (non-hydrogen) atoms. The van der Waals surface area contributed by atoms with Crippen LogP contribution < -0.4 is 9.64 Å². The van der Waals surface area contributed by atoms with Gasteiger partial charge in [0.05, 0.1) is 7.11 Å². The largest absolute Gasteiger partial charge is 0.497 e. The van der Waals surface area contributed by atoms with Crippen molar-refractivity contribution in [1.82, 2.24) is 9.80 Å². The lowest BCUT2D eigenvalue weighted by Crippen LogP contribution is -2.48. The molecule has 1 fully saturated rings. The van der Waals surface area contributed by atoms with Gasteiger partial charge >= 0.3 is 0 Å². The summed E-state index contributed by atoms with van der Waals surface area (Å²) >= 11 is 0. The molecule has 0 aliphatic carbocycles. The number of benzene rings is 2. The third-order valence-electron chi connectivity index (χ3n) is 6.44. The molecule has 5 nitrogen and oxygen atoms in total. The van der Waals surface area contributed by atoms with Crippen LogP contribution in [0.25, 0.3) is 0 Å². The first-order valence-corrected chi connectivity index (χ1v) is 11.7. The molecular weight excluding hydrogens is 398 g/mol. The normalized spacial score (nSPS) is 18.8. The molecule has 1 amide bonds. The van der Waals surface area contributed by atoms with Crippen molar-refractivity contribution in [2.45, 2.75) is 33.2 Å². The molecule has 0 aromatic heterocycles. The smallest absolute Gasteiger partial charge is 0.253 e. The Labute approximate surface area is 193 Å². The highest BCUT2D eigenvalue weighted by molar-refractivity contribution is 5.94. The summed E-state index contributed by atoms with van der Waals surface area (Å²) in [5.74, 6) is 1.41. The molecule has 0 radical (unpaired) electrons. The van der Waals surface area contributed by atoms with Crippen molar-refractivity contribution in [3.05, 3.63) is 66.7 Å². The minimum absolute atomic E-state index is 0.0839. The van der Waals surface area contributed by atoms with Gasteiger partial charge in [-0.1, -0.05) is 19.1 Å². The lowest BCUT2D eigenvalue weighted by atomic mass is 9.91. The van der Waals surface area contributed by atoms with Crippen molar-refractivity contribution < 1.29 is 9.53 Å². The van der Waals surface area contributed by atoms with Crippen LogP contribution in [-0.4, -0.2) is 61.6 Å². The number of amides is 1. The molecule has 0 bridgehead atoms. The van der Waals surface area contributed by atoms with E-state index in [2.05, 4.69) is 47.6 Å². The Morgan fingerprint density at radius 1 is 1.16 bits per heavy atom. The van der Waals surface area contributed by atoms with Crippen molar-refractivity contribution in [3.8, 4) is 5.75 Å². The Balaban J connectivity index is 1.94. The van der Waals surface area contributed by atoms with Gasteiger partial charge in [0, 0.05) is 61.8 Å². The van der Waals surface area contributed by atoms with Crippen LogP contribution in [0.4, 0.5) is 11.4 Å². The lowest BCUT2D eigenvalue weighted by molar-refractivity contribution is 0.0773. The van der Waals surface area contributed by atoms with E-state index in [1.807, 2.05) is 49.1 Å². The van der Waals surface area contributed by atoms with E-state index in [1.165, 1.54) is 0 Å². The van der Waals surface area contributed by atoms with Crippen LogP contribution in [0, 0.1) is 5.92 Å². The molecule has 1 aliphatic heterocycles. The molecule has 1 saturated heterocycles. The Morgan fingerprint density at radius 2 is 1.88 bits per heavy atom. The summed E-state index contributed by atoms with van der Waals surface area (Å²) in [6.07, 6.45) is 3.05. The zero-order chi connectivity index (χ0) is 23.1. The van der Waals surface area contributed by atoms with Gasteiger partial charge in [-0.2, -0.15) is 0 Å². The van der Waals surface area contributed by atoms with Crippen LogP contribution in [0.2, 0.25) is 0 Å². The minimum Gasteiger partial charge on any atom is -0.497 e. The summed E-state index contributed by atoms with van der Waals surface area (Å²) in [6.45, 7) is 14.7. The lowest BCUT2D eigenvalue weighted by Gasteiger charge is -2.43. The Morgan fingerprint density at radius 3 is 2.47 bits per heavy atom. The second-order valence-electron chi connectivity index (χ2n) is 8.48. The number of rotatable bonds is 9. The molecule has 2 atom stereocenters. The number of hydrogen-bond acceptors (Lipinski definition) is 4. The third-order valence-corrected chi connectivity index (χ3v) is 6.44. The van der Waals surface area contributed by atoms with E-state index in [9.17, 15) is 4.79 Å². The molecule has 2 aromatic carbocycles. The molecule has 0 spiro atoms. The second kappa shape index (κ2) is 11.2. The molecule has 3 rings (SSSR count). The van der Waals surface area contributed by atoms with Crippen molar-refractivity contribution >= 4 is 17.3 Å². The number of ether oxygens (including phenoxy) is 1. The highest BCUT2D eigenvalue weighted by atomic mass is 16.5. The third kappa shape index (κ3) is 5.33. The van der Waals surface area contributed by atoms with Gasteiger partial charge in [0.2, 0.25) is 0 Å². The zero-order valence-electron chi connectivity index (χ0n) is 20.0. The summed E-state index contributed by atoms with van der Waals surface area (Å²) in [7, 11) is 1.70. The van der Waals surface area contributed by atoms with Crippen molar-refractivity contribution in [2.24, 2.45) is 5.92 Å². The predicted octanol–water partition coefficient (Wildman–Crippen LogP) is 5.21. The number of methoxy groups -OCH3 is 1. The maximum Gasteiger partial charge on any atom is 0.253 e. The van der Waals surface area contributed by atoms with E-state index in [4.69, 9.17) is 4.74 Å². The minimum atomic E-state index is 0.0839. The van der Waals surface area contributed by atoms with Gasteiger partial charge in [-0.3, -0.25) is 9.69 Å². The van der Waals surface area contributed by atoms with Crippen LogP contribution >= 0.6 is 0 Å². The van der Waals surface area contributed by atoms with E-state index in [1.54, 1.807) is 7.11 Å². The van der Waals surface area contributed by atoms with E-state index in [-0.39, 0.29) is 5.91 Å². The topological polar surface area (TPSA) is 36.0 Å². The number of carbonyl (C=O) groups excluding carboxylic acids is 1. The quantitative estimate of drug-likeness (QED) is 0.507. The Kier molecular flexibility index (Phi) is 8.34. The standard InChI is InChI=1S/C27H37N3O2/c1-6-17-28-18-16-26(21(4)20-28)30(24-10-9-11-25(19-24)32-5)23-14-12-22(13-15-23)27(31)29(7-2)8-3/h6,9-15,19,21,26H,1,7-8,16-18,20H2,2-5H3/t21-,26-/m1/s1. The number of piperidine rings is 1. The van der Waals surface area contributed by atoms with E-state index < -0.39 is 0 Å². The summed E-state index contributed by atoms with van der Waals surface area (Å²) in [5.41, 5.74) is 2.95. The summed E-state index contributed by atoms with van der Waals surface area (Å²) in [5, 5.41) is 0. The molecule has 1 heterocycles. The van der Waals surface area contributed by atoms with Crippen LogP contribution in [0.5, 0.6) is 5.75 Å². The maximum absolute atomic E-state index is 12.8. The predicted molar refractivity (Wildman–Crippen MR) is 133 cm³/mol. The molecule has 2 aromatic rings. The molecular formula is C27H37N3O2. The van der Waals surface area contributed by atoms with Gasteiger partial charge in [-0.05, 0) is 62.6 Å². The van der Waals surface area contributed by atoms with Crippen molar-refractivity contribution in [2.75, 3.05) is 44.7 Å². The van der Waals surface area contributed by atoms with Gasteiger partial charge in [0.15, 0.2) is 0 Å². The maximum atomic E-state index is 12.8. The first-order chi connectivity index (χ1) is 15.5. The fourth-order valence-electron chi connectivity index (χ4n) is 4.70. The first kappa shape index (κ1) is 23.9. The molecule has 0 saturated carbocycles. The van der Waals surface area contributed by atoms with Gasteiger partial charge in [-0.25, -0.2) is 0 Å². The van der Waals surface area contributed by atoms with Crippen LogP contribution in [0.1, 0.15) is 37.6 Å².